The van der Waals surface area contributed by atoms with Crippen molar-refractivity contribution in [1.29, 1.82) is 0 Å². The number of aromatic nitrogens is 3. The van der Waals surface area contributed by atoms with E-state index in [-0.39, 0.29) is 5.91 Å². The van der Waals surface area contributed by atoms with Gasteiger partial charge in [-0.15, -0.1) is 0 Å². The van der Waals surface area contributed by atoms with Crippen molar-refractivity contribution in [2.24, 2.45) is 0 Å². The maximum Gasteiger partial charge on any atom is 0.270 e. The molecule has 150 valence electrons. The smallest absolute Gasteiger partial charge is 0.270 e. The van der Waals surface area contributed by atoms with E-state index in [4.69, 9.17) is 5.10 Å². The van der Waals surface area contributed by atoms with Gasteiger partial charge in [0.05, 0.1) is 11.4 Å². The van der Waals surface area contributed by atoms with Crippen LogP contribution < -0.4 is 5.32 Å². The van der Waals surface area contributed by atoms with Gasteiger partial charge in [0.1, 0.15) is 5.69 Å². The van der Waals surface area contributed by atoms with Crippen molar-refractivity contribution in [3.63, 3.8) is 0 Å². The first-order valence-electron chi connectivity index (χ1n) is 9.93. The Morgan fingerprint density at radius 2 is 1.83 bits per heavy atom. The van der Waals surface area contributed by atoms with Crippen LogP contribution in [0.15, 0.2) is 73.1 Å². The lowest BCUT2D eigenvalue weighted by Crippen LogP contribution is -2.25. The first kappa shape index (κ1) is 19.6. The van der Waals surface area contributed by atoms with E-state index >= 15 is 0 Å². The predicted octanol–water partition coefficient (Wildman–Crippen LogP) is 4.79. The molecule has 1 N–H and O–H groups in total. The van der Waals surface area contributed by atoms with E-state index in [1.807, 2.05) is 55.5 Å². The fraction of sp³-hybridized carbons (Fsp3) is 0.160. The van der Waals surface area contributed by atoms with Crippen LogP contribution in [-0.4, -0.2) is 20.7 Å². The van der Waals surface area contributed by atoms with E-state index in [1.165, 1.54) is 11.1 Å². The van der Waals surface area contributed by atoms with Crippen LogP contribution in [-0.2, 0) is 6.54 Å². The monoisotopic (exact) mass is 396 g/mol. The second-order valence-electron chi connectivity index (χ2n) is 7.51. The summed E-state index contributed by atoms with van der Waals surface area (Å²) in [7, 11) is 0. The summed E-state index contributed by atoms with van der Waals surface area (Å²) < 4.78 is 1.72. The second kappa shape index (κ2) is 8.33. The molecule has 0 saturated heterocycles. The molecule has 2 aromatic carbocycles. The van der Waals surface area contributed by atoms with Crippen molar-refractivity contribution in [2.75, 3.05) is 0 Å². The third-order valence-corrected chi connectivity index (χ3v) is 5.17. The summed E-state index contributed by atoms with van der Waals surface area (Å²) in [5.41, 5.74) is 7.59. The van der Waals surface area contributed by atoms with Crippen molar-refractivity contribution < 1.29 is 4.79 Å². The lowest BCUT2D eigenvalue weighted by Gasteiger charge is -2.09. The van der Waals surface area contributed by atoms with Gasteiger partial charge in [-0.1, -0.05) is 30.3 Å². The number of hydrogen-bond donors (Lipinski definition) is 1. The Bertz CT molecular complexity index is 1200. The number of pyridine rings is 1. The van der Waals surface area contributed by atoms with Crippen LogP contribution in [0.1, 0.15) is 32.7 Å². The highest BCUT2D eigenvalue weighted by Gasteiger charge is 2.18. The lowest BCUT2D eigenvalue weighted by atomic mass is 10.0. The first-order valence-corrected chi connectivity index (χ1v) is 9.93. The number of hydrogen-bond acceptors (Lipinski definition) is 3. The van der Waals surface area contributed by atoms with Crippen LogP contribution >= 0.6 is 0 Å². The van der Waals surface area contributed by atoms with Gasteiger partial charge in [0.2, 0.25) is 0 Å². The molecule has 4 aromatic rings. The molecule has 0 aliphatic rings. The number of carbonyl (C=O) groups excluding carboxylic acids is 1. The largest absolute Gasteiger partial charge is 0.347 e. The molecule has 0 saturated carbocycles. The van der Waals surface area contributed by atoms with E-state index in [0.29, 0.717) is 12.2 Å². The van der Waals surface area contributed by atoms with Crippen LogP contribution in [0, 0.1) is 20.8 Å². The molecule has 0 spiro atoms. The van der Waals surface area contributed by atoms with Gasteiger partial charge in [0.15, 0.2) is 0 Å². The van der Waals surface area contributed by atoms with Crippen LogP contribution in [0.25, 0.3) is 16.9 Å². The molecular weight excluding hydrogens is 372 g/mol. The van der Waals surface area contributed by atoms with Crippen molar-refractivity contribution in [3.8, 4) is 16.9 Å². The van der Waals surface area contributed by atoms with E-state index in [2.05, 4.69) is 36.3 Å². The zero-order chi connectivity index (χ0) is 21.1. The summed E-state index contributed by atoms with van der Waals surface area (Å²) in [6, 6.07) is 19.9. The van der Waals surface area contributed by atoms with Gasteiger partial charge < -0.3 is 5.32 Å². The summed E-state index contributed by atoms with van der Waals surface area (Å²) in [4.78, 5) is 17.2. The molecule has 5 nitrogen and oxygen atoms in total. The van der Waals surface area contributed by atoms with Gasteiger partial charge in [0, 0.05) is 24.5 Å². The fourth-order valence-electron chi connectivity index (χ4n) is 3.32. The highest BCUT2D eigenvalue weighted by atomic mass is 16.2. The van der Waals surface area contributed by atoms with Gasteiger partial charge in [-0.25, -0.2) is 4.68 Å². The average Bonchev–Trinajstić information content (AvgIpc) is 3.20. The van der Waals surface area contributed by atoms with Crippen molar-refractivity contribution in [1.82, 2.24) is 20.1 Å². The lowest BCUT2D eigenvalue weighted by molar-refractivity contribution is 0.0943. The number of rotatable bonds is 5. The number of carbonyl (C=O) groups is 1. The maximum absolute atomic E-state index is 13.1. The first-order chi connectivity index (χ1) is 14.5. The van der Waals surface area contributed by atoms with Crippen LogP contribution in [0.2, 0.25) is 0 Å². The Kier molecular flexibility index (Phi) is 5.44. The van der Waals surface area contributed by atoms with Crippen molar-refractivity contribution in [3.05, 3.63) is 101 Å². The summed E-state index contributed by atoms with van der Waals surface area (Å²) >= 11 is 0. The topological polar surface area (TPSA) is 59.8 Å². The SMILES string of the molecule is Cc1cccc(-n2nc(-c3ccc(C)c(C)c3)cc2C(=O)NCc2cccnc2)c1. The summed E-state index contributed by atoms with van der Waals surface area (Å²) in [6.45, 7) is 6.60. The Morgan fingerprint density at radius 1 is 0.967 bits per heavy atom. The van der Waals surface area contributed by atoms with Gasteiger partial charge in [-0.05, 0) is 73.4 Å². The molecule has 0 bridgehead atoms. The number of amides is 1. The minimum absolute atomic E-state index is 0.178. The number of aryl methyl sites for hydroxylation is 3. The Hall–Kier alpha value is -3.73. The van der Waals surface area contributed by atoms with Crippen molar-refractivity contribution in [2.45, 2.75) is 27.3 Å². The average molecular weight is 396 g/mol. The molecule has 30 heavy (non-hydrogen) atoms. The summed E-state index contributed by atoms with van der Waals surface area (Å²) in [5.74, 6) is -0.178. The van der Waals surface area contributed by atoms with E-state index in [1.54, 1.807) is 17.1 Å². The van der Waals surface area contributed by atoms with Crippen LogP contribution in [0.3, 0.4) is 0 Å². The minimum Gasteiger partial charge on any atom is -0.347 e. The van der Waals surface area contributed by atoms with Gasteiger partial charge >= 0.3 is 0 Å². The van der Waals surface area contributed by atoms with Crippen molar-refractivity contribution >= 4 is 5.91 Å². The fourth-order valence-corrected chi connectivity index (χ4v) is 3.32. The normalized spacial score (nSPS) is 10.8. The zero-order valence-electron chi connectivity index (χ0n) is 17.4. The third-order valence-electron chi connectivity index (χ3n) is 5.17. The van der Waals surface area contributed by atoms with E-state index < -0.39 is 0 Å². The molecule has 0 unspecified atom stereocenters. The molecular formula is C25H24N4O. The Balaban J connectivity index is 1.72. The predicted molar refractivity (Wildman–Crippen MR) is 119 cm³/mol. The van der Waals surface area contributed by atoms with Crippen LogP contribution in [0.4, 0.5) is 0 Å². The number of benzene rings is 2. The molecule has 2 heterocycles. The highest BCUT2D eigenvalue weighted by Crippen LogP contribution is 2.24. The maximum atomic E-state index is 13.1. The molecule has 0 radical (unpaired) electrons. The molecule has 0 fully saturated rings. The van der Waals surface area contributed by atoms with Gasteiger partial charge in [-0.3, -0.25) is 9.78 Å². The summed E-state index contributed by atoms with van der Waals surface area (Å²) in [6.07, 6.45) is 3.46. The summed E-state index contributed by atoms with van der Waals surface area (Å²) in [5, 5.41) is 7.77. The van der Waals surface area contributed by atoms with Crippen LogP contribution in [0.5, 0.6) is 0 Å². The Labute approximate surface area is 176 Å². The molecule has 1 amide bonds. The third kappa shape index (κ3) is 4.15. The molecule has 0 aliphatic carbocycles. The zero-order valence-corrected chi connectivity index (χ0v) is 17.4. The van der Waals surface area contributed by atoms with E-state index in [9.17, 15) is 4.79 Å². The van der Waals surface area contributed by atoms with E-state index in [0.717, 1.165) is 28.1 Å². The van der Waals surface area contributed by atoms with Gasteiger partial charge in [-0.2, -0.15) is 5.10 Å². The standard InChI is InChI=1S/C25H24N4O/c1-17-6-4-8-22(12-17)29-24(25(30)27-16-20-7-5-11-26-15-20)14-23(28-29)21-10-9-18(2)19(3)13-21/h4-15H,16H2,1-3H3,(H,27,30). The minimum atomic E-state index is -0.178. The van der Waals surface area contributed by atoms with Gasteiger partial charge in [0.25, 0.3) is 5.91 Å². The highest BCUT2D eigenvalue weighted by molar-refractivity contribution is 5.94. The number of nitrogens with one attached hydrogen (secondary N) is 1. The Morgan fingerprint density at radius 3 is 2.57 bits per heavy atom. The number of nitrogens with zero attached hydrogens (tertiary/aromatic N) is 3. The second-order valence-corrected chi connectivity index (χ2v) is 7.51. The molecule has 0 aliphatic heterocycles. The quantitative estimate of drug-likeness (QED) is 0.528. The molecule has 5 heteroatoms. The molecule has 2 aromatic heterocycles. The molecule has 0 atom stereocenters. The molecule has 4 rings (SSSR count).